The minimum Gasteiger partial charge on any atom is -0.492 e. The molecule has 0 amide bonds. The number of aryl methyl sites for hydroxylation is 1. The fourth-order valence-electron chi connectivity index (χ4n) is 2.39. The number of aromatic amines is 1. The third kappa shape index (κ3) is 3.64. The van der Waals surface area contributed by atoms with Gasteiger partial charge >= 0.3 is 0 Å². The Hall–Kier alpha value is -2.08. The Kier molecular flexibility index (Phi) is 4.81. The lowest BCUT2D eigenvalue weighted by Gasteiger charge is -2.14. The maximum atomic E-state index is 6.00. The van der Waals surface area contributed by atoms with Gasteiger partial charge in [0.05, 0.1) is 12.9 Å². The van der Waals surface area contributed by atoms with Crippen LogP contribution in [0.5, 0.6) is 5.75 Å². The summed E-state index contributed by atoms with van der Waals surface area (Å²) in [5.41, 5.74) is 4.05. The Morgan fingerprint density at radius 1 is 1.22 bits per heavy atom. The fourth-order valence-corrected chi connectivity index (χ4v) is 3.16. The topological polar surface area (TPSA) is 63.7 Å². The Morgan fingerprint density at radius 2 is 2.09 bits per heavy atom. The van der Waals surface area contributed by atoms with Gasteiger partial charge in [-0.25, -0.2) is 15.0 Å². The fraction of sp³-hybridized carbons (Fsp3) is 0.353. The number of nitrogens with zero attached hydrogens (tertiary/aromatic N) is 3. The van der Waals surface area contributed by atoms with E-state index in [4.69, 9.17) is 4.74 Å². The Balaban J connectivity index is 1.62. The van der Waals surface area contributed by atoms with E-state index in [0.717, 1.165) is 22.0 Å². The Morgan fingerprint density at radius 3 is 2.91 bits per heavy atom. The molecular weight excluding hydrogens is 308 g/mol. The van der Waals surface area contributed by atoms with E-state index in [-0.39, 0.29) is 0 Å². The first-order chi connectivity index (χ1) is 11.1. The molecule has 0 fully saturated rings. The summed E-state index contributed by atoms with van der Waals surface area (Å²) in [4.78, 5) is 15.7. The smallest absolute Gasteiger partial charge is 0.181 e. The molecule has 2 heterocycles. The van der Waals surface area contributed by atoms with Crippen molar-refractivity contribution in [3.05, 3.63) is 42.0 Å². The number of thioether (sulfide) groups is 1. The van der Waals surface area contributed by atoms with Crippen LogP contribution in [0.4, 0.5) is 0 Å². The van der Waals surface area contributed by atoms with Crippen LogP contribution in [0.2, 0.25) is 0 Å². The third-order valence-corrected chi connectivity index (χ3v) is 4.51. The molecule has 0 aliphatic heterocycles. The van der Waals surface area contributed by atoms with Gasteiger partial charge in [-0.1, -0.05) is 26.0 Å². The second kappa shape index (κ2) is 7.00. The minimum absolute atomic E-state index is 0.449. The predicted octanol–water partition coefficient (Wildman–Crippen LogP) is 3.96. The lowest BCUT2D eigenvalue weighted by Crippen LogP contribution is -2.04. The molecule has 23 heavy (non-hydrogen) atoms. The van der Waals surface area contributed by atoms with Crippen molar-refractivity contribution >= 4 is 22.9 Å². The van der Waals surface area contributed by atoms with Crippen molar-refractivity contribution in [1.82, 2.24) is 19.9 Å². The highest BCUT2D eigenvalue weighted by Gasteiger charge is 2.09. The van der Waals surface area contributed by atoms with Crippen molar-refractivity contribution in [1.29, 1.82) is 0 Å². The molecule has 120 valence electrons. The monoisotopic (exact) mass is 328 g/mol. The molecule has 0 bridgehead atoms. The van der Waals surface area contributed by atoms with Crippen LogP contribution in [0.15, 0.2) is 35.9 Å². The number of fused-ring (bicyclic) bond motifs is 1. The number of imidazole rings is 1. The van der Waals surface area contributed by atoms with Gasteiger partial charge in [0, 0.05) is 5.75 Å². The van der Waals surface area contributed by atoms with Crippen LogP contribution < -0.4 is 4.74 Å². The van der Waals surface area contributed by atoms with Gasteiger partial charge < -0.3 is 9.72 Å². The molecule has 0 saturated heterocycles. The van der Waals surface area contributed by atoms with Crippen LogP contribution in [0, 0.1) is 6.92 Å². The number of aromatic nitrogens is 4. The molecule has 0 unspecified atom stereocenters. The lowest BCUT2D eigenvalue weighted by atomic mass is 10.0. The summed E-state index contributed by atoms with van der Waals surface area (Å²) < 4.78 is 6.00. The van der Waals surface area contributed by atoms with E-state index in [1.807, 2.05) is 0 Å². The van der Waals surface area contributed by atoms with Crippen molar-refractivity contribution in [3.63, 3.8) is 0 Å². The molecule has 6 heteroatoms. The van der Waals surface area contributed by atoms with Gasteiger partial charge in [0.25, 0.3) is 0 Å². The van der Waals surface area contributed by atoms with Gasteiger partial charge in [0.1, 0.15) is 22.6 Å². The molecule has 2 aromatic heterocycles. The van der Waals surface area contributed by atoms with Crippen LogP contribution in [-0.4, -0.2) is 32.3 Å². The van der Waals surface area contributed by atoms with Crippen molar-refractivity contribution < 1.29 is 4.74 Å². The zero-order valence-electron chi connectivity index (χ0n) is 13.5. The zero-order chi connectivity index (χ0) is 16.2. The molecule has 1 aromatic carbocycles. The van der Waals surface area contributed by atoms with Gasteiger partial charge in [-0.05, 0) is 30.0 Å². The number of hydrogen-bond donors (Lipinski definition) is 1. The predicted molar refractivity (Wildman–Crippen MR) is 93.2 cm³/mol. The van der Waals surface area contributed by atoms with Gasteiger partial charge in [-0.2, -0.15) is 0 Å². The second-order valence-corrected chi connectivity index (χ2v) is 6.76. The lowest BCUT2D eigenvalue weighted by molar-refractivity contribution is 0.338. The van der Waals surface area contributed by atoms with Crippen LogP contribution in [0.25, 0.3) is 11.2 Å². The summed E-state index contributed by atoms with van der Waals surface area (Å²) in [5.74, 6) is 2.25. The van der Waals surface area contributed by atoms with E-state index in [2.05, 4.69) is 58.9 Å². The Bertz CT molecular complexity index is 800. The highest BCUT2D eigenvalue weighted by molar-refractivity contribution is 7.99. The van der Waals surface area contributed by atoms with E-state index in [1.165, 1.54) is 11.1 Å². The van der Waals surface area contributed by atoms with E-state index in [1.54, 1.807) is 24.4 Å². The van der Waals surface area contributed by atoms with E-state index >= 15 is 0 Å². The first-order valence-electron chi connectivity index (χ1n) is 7.65. The number of benzene rings is 1. The highest BCUT2D eigenvalue weighted by atomic mass is 32.2. The van der Waals surface area contributed by atoms with Crippen molar-refractivity contribution in [2.45, 2.75) is 31.7 Å². The van der Waals surface area contributed by atoms with E-state index in [0.29, 0.717) is 18.2 Å². The van der Waals surface area contributed by atoms with Crippen molar-refractivity contribution in [2.24, 2.45) is 0 Å². The average Bonchev–Trinajstić information content (AvgIpc) is 3.00. The van der Waals surface area contributed by atoms with E-state index in [9.17, 15) is 0 Å². The molecule has 0 spiro atoms. The zero-order valence-corrected chi connectivity index (χ0v) is 14.4. The van der Waals surface area contributed by atoms with Crippen LogP contribution in [-0.2, 0) is 0 Å². The molecular formula is C17H20N4OS. The molecule has 0 aliphatic rings. The number of nitrogens with one attached hydrogen (secondary N) is 1. The normalized spacial score (nSPS) is 11.3. The quantitative estimate of drug-likeness (QED) is 0.421. The molecule has 3 aromatic rings. The summed E-state index contributed by atoms with van der Waals surface area (Å²) in [6.07, 6.45) is 3.19. The molecule has 5 nitrogen and oxygen atoms in total. The maximum Gasteiger partial charge on any atom is 0.181 e. The number of hydrogen-bond acceptors (Lipinski definition) is 5. The standard InChI is InChI=1S/C17H20N4OS/c1-11(2)13-5-4-12(3)8-14(13)22-6-7-23-17-15-16(19-9-18-15)20-10-21-17/h4-5,8-11H,6-7H2,1-3H3,(H,18,19,20,21). The molecule has 0 aliphatic carbocycles. The first-order valence-corrected chi connectivity index (χ1v) is 8.64. The molecule has 0 atom stereocenters. The van der Waals surface area contributed by atoms with Gasteiger partial charge in [0.15, 0.2) is 5.65 Å². The summed E-state index contributed by atoms with van der Waals surface area (Å²) in [6, 6.07) is 6.39. The minimum atomic E-state index is 0.449. The van der Waals surface area contributed by atoms with Crippen molar-refractivity contribution in [2.75, 3.05) is 12.4 Å². The summed E-state index contributed by atoms with van der Waals surface area (Å²) in [6.45, 7) is 7.08. The molecule has 0 saturated carbocycles. The SMILES string of the molecule is Cc1ccc(C(C)C)c(OCCSc2ncnc3nc[nH]c23)c1. The van der Waals surface area contributed by atoms with Crippen LogP contribution in [0.3, 0.4) is 0 Å². The molecule has 1 N–H and O–H groups in total. The van der Waals surface area contributed by atoms with Crippen LogP contribution in [0.1, 0.15) is 30.9 Å². The number of ether oxygens (including phenoxy) is 1. The summed E-state index contributed by atoms with van der Waals surface area (Å²) in [5, 5.41) is 0.907. The highest BCUT2D eigenvalue weighted by Crippen LogP contribution is 2.28. The third-order valence-electron chi connectivity index (χ3n) is 3.56. The van der Waals surface area contributed by atoms with Gasteiger partial charge in [-0.3, -0.25) is 0 Å². The number of H-pyrrole nitrogens is 1. The molecule has 0 radical (unpaired) electrons. The first kappa shape index (κ1) is 15.8. The Labute approximate surface area is 139 Å². The largest absolute Gasteiger partial charge is 0.492 e. The van der Waals surface area contributed by atoms with Gasteiger partial charge in [-0.15, -0.1) is 11.8 Å². The van der Waals surface area contributed by atoms with Crippen molar-refractivity contribution in [3.8, 4) is 5.75 Å². The average molecular weight is 328 g/mol. The van der Waals surface area contributed by atoms with Crippen LogP contribution >= 0.6 is 11.8 Å². The van der Waals surface area contributed by atoms with Gasteiger partial charge in [0.2, 0.25) is 0 Å². The van der Waals surface area contributed by atoms with E-state index < -0.39 is 0 Å². The number of rotatable bonds is 6. The molecule has 3 rings (SSSR count). The second-order valence-electron chi connectivity index (χ2n) is 5.67. The summed E-state index contributed by atoms with van der Waals surface area (Å²) in [7, 11) is 0. The maximum absolute atomic E-state index is 6.00. The summed E-state index contributed by atoms with van der Waals surface area (Å²) >= 11 is 1.64.